The number of aromatic nitrogens is 2. The number of rotatable bonds is 5. The Bertz CT molecular complexity index is 1160. The van der Waals surface area contributed by atoms with Gasteiger partial charge in [0.2, 0.25) is 0 Å². The van der Waals surface area contributed by atoms with Gasteiger partial charge in [0, 0.05) is 25.5 Å². The van der Waals surface area contributed by atoms with Gasteiger partial charge < -0.3 is 19.5 Å². The van der Waals surface area contributed by atoms with Crippen LogP contribution in [0, 0.1) is 0 Å². The second kappa shape index (κ2) is 9.62. The van der Waals surface area contributed by atoms with Crippen LogP contribution in [0.3, 0.4) is 0 Å². The highest BCUT2D eigenvalue weighted by Gasteiger charge is 2.26. The predicted octanol–water partition coefficient (Wildman–Crippen LogP) is 1.22. The minimum atomic E-state index is -0.963. The maximum atomic E-state index is 13.0. The van der Waals surface area contributed by atoms with E-state index in [1.807, 2.05) is 0 Å². The normalized spacial score (nSPS) is 14.2. The Morgan fingerprint density at radius 1 is 1.18 bits per heavy atom. The van der Waals surface area contributed by atoms with Gasteiger partial charge in [-0.2, -0.15) is 0 Å². The molecule has 0 spiro atoms. The standard InChI is InChI=1S/C23H29N3O7/c1-23(2,3)33-21(29)24-17(20(28)31-5)12-14-6-8-15(9-7-14)26-19(27)16-10-11-32-13-18(16)25(4)22(26)30/h6-9,17H,10-13H2,1-5H3,(H,24,29)/t17-/m0/s1. The molecule has 10 nitrogen and oxygen atoms in total. The summed E-state index contributed by atoms with van der Waals surface area (Å²) in [6, 6.07) is 5.68. The summed E-state index contributed by atoms with van der Waals surface area (Å²) in [4.78, 5) is 50.1. The molecule has 0 radical (unpaired) electrons. The second-order valence-corrected chi connectivity index (χ2v) is 8.80. The molecule has 178 valence electrons. The van der Waals surface area contributed by atoms with Crippen LogP contribution < -0.4 is 16.6 Å². The molecule has 1 aliphatic rings. The first kappa shape index (κ1) is 24.2. The fourth-order valence-electron chi connectivity index (χ4n) is 3.62. The molecule has 33 heavy (non-hydrogen) atoms. The molecule has 0 aliphatic carbocycles. The minimum absolute atomic E-state index is 0.140. The highest BCUT2D eigenvalue weighted by atomic mass is 16.6. The molecule has 1 aromatic heterocycles. The number of methoxy groups -OCH3 is 1. The van der Waals surface area contributed by atoms with Crippen molar-refractivity contribution in [2.45, 2.75) is 51.9 Å². The number of carbonyl (C=O) groups is 2. The van der Waals surface area contributed by atoms with Crippen LogP contribution in [0.4, 0.5) is 4.79 Å². The molecule has 1 amide bonds. The number of carbonyl (C=O) groups excluding carboxylic acids is 2. The zero-order chi connectivity index (χ0) is 24.3. The number of alkyl carbamates (subject to hydrolysis) is 1. The van der Waals surface area contributed by atoms with E-state index in [0.717, 1.165) is 4.57 Å². The molecule has 0 saturated carbocycles. The molecule has 1 aromatic carbocycles. The lowest BCUT2D eigenvalue weighted by atomic mass is 10.1. The van der Waals surface area contributed by atoms with E-state index in [1.54, 1.807) is 52.1 Å². The molecule has 0 bridgehead atoms. The van der Waals surface area contributed by atoms with E-state index in [-0.39, 0.29) is 18.6 Å². The summed E-state index contributed by atoms with van der Waals surface area (Å²) < 4.78 is 18.0. The lowest BCUT2D eigenvalue weighted by molar-refractivity contribution is -0.143. The fraction of sp³-hybridized carbons (Fsp3) is 0.478. The van der Waals surface area contributed by atoms with Crippen LogP contribution in [0.15, 0.2) is 33.9 Å². The number of hydrogen-bond acceptors (Lipinski definition) is 7. The zero-order valence-electron chi connectivity index (χ0n) is 19.5. The number of fused-ring (bicyclic) bond motifs is 1. The maximum absolute atomic E-state index is 13.0. The molecule has 3 rings (SSSR count). The number of esters is 1. The molecule has 2 heterocycles. The van der Waals surface area contributed by atoms with Crippen LogP contribution >= 0.6 is 0 Å². The third-order valence-corrected chi connectivity index (χ3v) is 5.24. The van der Waals surface area contributed by atoms with Gasteiger partial charge in [-0.15, -0.1) is 0 Å². The van der Waals surface area contributed by atoms with E-state index in [1.165, 1.54) is 11.7 Å². The van der Waals surface area contributed by atoms with E-state index in [0.29, 0.717) is 35.5 Å². The van der Waals surface area contributed by atoms with Gasteiger partial charge in [0.15, 0.2) is 0 Å². The van der Waals surface area contributed by atoms with Crippen molar-refractivity contribution in [3.63, 3.8) is 0 Å². The van der Waals surface area contributed by atoms with Gasteiger partial charge in [0.1, 0.15) is 11.6 Å². The maximum Gasteiger partial charge on any atom is 0.408 e. The van der Waals surface area contributed by atoms with E-state index in [9.17, 15) is 19.2 Å². The number of nitrogens with one attached hydrogen (secondary N) is 1. The molecular formula is C23H29N3O7. The van der Waals surface area contributed by atoms with Crippen LogP contribution in [-0.4, -0.2) is 46.6 Å². The van der Waals surface area contributed by atoms with Crippen molar-refractivity contribution in [2.24, 2.45) is 7.05 Å². The van der Waals surface area contributed by atoms with Crippen molar-refractivity contribution >= 4 is 12.1 Å². The van der Waals surface area contributed by atoms with Gasteiger partial charge in [0.25, 0.3) is 5.56 Å². The average Bonchev–Trinajstić information content (AvgIpc) is 2.76. The summed E-state index contributed by atoms with van der Waals surface area (Å²) in [6.07, 6.45) is -0.152. The number of amides is 1. The smallest absolute Gasteiger partial charge is 0.408 e. The first-order valence-electron chi connectivity index (χ1n) is 10.6. The molecule has 0 fully saturated rings. The van der Waals surface area contributed by atoms with E-state index in [4.69, 9.17) is 14.2 Å². The zero-order valence-corrected chi connectivity index (χ0v) is 19.5. The molecule has 1 aliphatic heterocycles. The summed E-state index contributed by atoms with van der Waals surface area (Å²) >= 11 is 0. The first-order valence-corrected chi connectivity index (χ1v) is 10.6. The Balaban J connectivity index is 1.86. The lowest BCUT2D eigenvalue weighted by Gasteiger charge is -2.22. The average molecular weight is 459 g/mol. The monoisotopic (exact) mass is 459 g/mol. The molecule has 10 heteroatoms. The van der Waals surface area contributed by atoms with Gasteiger partial charge in [-0.25, -0.2) is 19.0 Å². The Labute approximate surface area is 191 Å². The van der Waals surface area contributed by atoms with Gasteiger partial charge in [-0.05, 0) is 38.5 Å². The molecular weight excluding hydrogens is 430 g/mol. The SMILES string of the molecule is COC(=O)[C@H](Cc1ccc(-n2c(=O)c3c(n(C)c2=O)COCC3)cc1)NC(=O)OC(C)(C)C. The van der Waals surface area contributed by atoms with Crippen LogP contribution in [-0.2, 0) is 45.5 Å². The summed E-state index contributed by atoms with van der Waals surface area (Å²) in [5.41, 5.74) is 0.736. The Hall–Kier alpha value is -3.40. The van der Waals surface area contributed by atoms with Crippen molar-refractivity contribution < 1.29 is 23.8 Å². The van der Waals surface area contributed by atoms with Gasteiger partial charge >= 0.3 is 17.8 Å². The summed E-state index contributed by atoms with van der Waals surface area (Å²) in [5.74, 6) is -0.619. The largest absolute Gasteiger partial charge is 0.467 e. The van der Waals surface area contributed by atoms with Crippen molar-refractivity contribution in [3.05, 3.63) is 61.9 Å². The van der Waals surface area contributed by atoms with Crippen molar-refractivity contribution in [3.8, 4) is 5.69 Å². The third-order valence-electron chi connectivity index (χ3n) is 5.24. The molecule has 1 atom stereocenters. The lowest BCUT2D eigenvalue weighted by Crippen LogP contribution is -2.45. The Morgan fingerprint density at radius 3 is 2.45 bits per heavy atom. The van der Waals surface area contributed by atoms with Crippen LogP contribution in [0.25, 0.3) is 5.69 Å². The highest BCUT2D eigenvalue weighted by molar-refractivity contribution is 5.81. The quantitative estimate of drug-likeness (QED) is 0.668. The summed E-state index contributed by atoms with van der Waals surface area (Å²) in [6.45, 7) is 5.82. The topological polar surface area (TPSA) is 118 Å². The van der Waals surface area contributed by atoms with E-state index < -0.39 is 29.4 Å². The Kier molecular flexibility index (Phi) is 7.06. The van der Waals surface area contributed by atoms with Crippen molar-refractivity contribution in [1.82, 2.24) is 14.5 Å². The van der Waals surface area contributed by atoms with Gasteiger partial charge in [-0.3, -0.25) is 9.36 Å². The predicted molar refractivity (Wildman–Crippen MR) is 120 cm³/mol. The van der Waals surface area contributed by atoms with Crippen LogP contribution in [0.1, 0.15) is 37.6 Å². The first-order chi connectivity index (χ1) is 15.5. The van der Waals surface area contributed by atoms with Crippen molar-refractivity contribution in [2.75, 3.05) is 13.7 Å². The third kappa shape index (κ3) is 5.51. The van der Waals surface area contributed by atoms with Crippen LogP contribution in [0.2, 0.25) is 0 Å². The molecule has 2 aromatic rings. The fourth-order valence-corrected chi connectivity index (χ4v) is 3.62. The minimum Gasteiger partial charge on any atom is -0.467 e. The number of benzene rings is 1. The highest BCUT2D eigenvalue weighted by Crippen LogP contribution is 2.14. The second-order valence-electron chi connectivity index (χ2n) is 8.80. The van der Waals surface area contributed by atoms with Crippen LogP contribution in [0.5, 0.6) is 0 Å². The van der Waals surface area contributed by atoms with E-state index >= 15 is 0 Å². The van der Waals surface area contributed by atoms with Gasteiger partial charge in [-0.1, -0.05) is 12.1 Å². The Morgan fingerprint density at radius 2 is 1.85 bits per heavy atom. The molecule has 0 unspecified atom stereocenters. The summed E-state index contributed by atoms with van der Waals surface area (Å²) in [7, 11) is 2.85. The number of nitrogens with zero attached hydrogens (tertiary/aromatic N) is 2. The number of hydrogen-bond donors (Lipinski definition) is 1. The molecule has 1 N–H and O–H groups in total. The van der Waals surface area contributed by atoms with Gasteiger partial charge in [0.05, 0.1) is 31.7 Å². The molecule has 0 saturated heterocycles. The van der Waals surface area contributed by atoms with E-state index in [2.05, 4.69) is 5.32 Å². The number of ether oxygens (including phenoxy) is 3. The summed E-state index contributed by atoms with van der Waals surface area (Å²) in [5, 5.41) is 2.52. The van der Waals surface area contributed by atoms with Crippen molar-refractivity contribution in [1.29, 1.82) is 0 Å².